The standard InChI is InChI=1S/C9H10BNO3/c1-14-7-3-6(10-13)2-5-4-11-9(12)8(5)7/h2-3,10,13H,4H2,1H3,(H,11,12). The van der Waals surface area contributed by atoms with Gasteiger partial charge in [-0.15, -0.1) is 0 Å². The summed E-state index contributed by atoms with van der Waals surface area (Å²) in [4.78, 5) is 11.4. The van der Waals surface area contributed by atoms with Crippen LogP contribution in [0, 0.1) is 0 Å². The average Bonchev–Trinajstić information content (AvgIpc) is 2.59. The van der Waals surface area contributed by atoms with Crippen LogP contribution in [-0.4, -0.2) is 25.5 Å². The zero-order valence-electron chi connectivity index (χ0n) is 7.83. The van der Waals surface area contributed by atoms with Gasteiger partial charge < -0.3 is 15.1 Å². The highest BCUT2D eigenvalue weighted by atomic mass is 16.5. The molecule has 1 aromatic carbocycles. The number of hydrogen-bond donors (Lipinski definition) is 2. The second-order valence-corrected chi connectivity index (χ2v) is 3.17. The minimum atomic E-state index is -0.110. The third kappa shape index (κ3) is 1.26. The molecule has 0 bridgehead atoms. The summed E-state index contributed by atoms with van der Waals surface area (Å²) in [6.45, 7) is 0.512. The third-order valence-electron chi connectivity index (χ3n) is 2.31. The Morgan fingerprint density at radius 3 is 3.00 bits per heavy atom. The van der Waals surface area contributed by atoms with Crippen LogP contribution in [0.4, 0.5) is 0 Å². The van der Waals surface area contributed by atoms with E-state index in [4.69, 9.17) is 9.76 Å². The quantitative estimate of drug-likeness (QED) is 0.584. The first-order chi connectivity index (χ1) is 6.76. The van der Waals surface area contributed by atoms with Crippen molar-refractivity contribution in [2.45, 2.75) is 6.54 Å². The Hall–Kier alpha value is -1.49. The van der Waals surface area contributed by atoms with Gasteiger partial charge in [-0.05, 0) is 17.1 Å². The first kappa shape index (κ1) is 9.08. The number of rotatable bonds is 2. The maximum absolute atomic E-state index is 11.4. The fourth-order valence-electron chi connectivity index (χ4n) is 1.65. The lowest BCUT2D eigenvalue weighted by Gasteiger charge is -2.06. The van der Waals surface area contributed by atoms with Gasteiger partial charge in [-0.2, -0.15) is 0 Å². The van der Waals surface area contributed by atoms with E-state index in [1.54, 1.807) is 6.07 Å². The molecule has 14 heavy (non-hydrogen) atoms. The number of ether oxygens (including phenoxy) is 1. The largest absolute Gasteiger partial charge is 0.496 e. The van der Waals surface area contributed by atoms with Crippen LogP contribution < -0.4 is 15.5 Å². The van der Waals surface area contributed by atoms with Crippen molar-refractivity contribution in [3.05, 3.63) is 23.3 Å². The van der Waals surface area contributed by atoms with Crippen molar-refractivity contribution in [1.82, 2.24) is 5.32 Å². The van der Waals surface area contributed by atoms with Crippen LogP contribution in [0.5, 0.6) is 5.75 Å². The normalized spacial score (nSPS) is 13.4. The van der Waals surface area contributed by atoms with Crippen molar-refractivity contribution in [2.75, 3.05) is 7.11 Å². The number of carbonyl (C=O) groups is 1. The summed E-state index contributed by atoms with van der Waals surface area (Å²) < 4.78 is 5.10. The summed E-state index contributed by atoms with van der Waals surface area (Å²) in [5, 5.41) is 11.7. The van der Waals surface area contributed by atoms with Crippen LogP contribution >= 0.6 is 0 Å². The van der Waals surface area contributed by atoms with Gasteiger partial charge in [0.25, 0.3) is 5.91 Å². The molecule has 2 rings (SSSR count). The van der Waals surface area contributed by atoms with Crippen molar-refractivity contribution < 1.29 is 14.6 Å². The summed E-state index contributed by atoms with van der Waals surface area (Å²) in [5.41, 5.74) is 2.24. The van der Waals surface area contributed by atoms with Gasteiger partial charge in [0.1, 0.15) is 5.75 Å². The molecule has 0 fully saturated rings. The van der Waals surface area contributed by atoms with E-state index < -0.39 is 0 Å². The van der Waals surface area contributed by atoms with E-state index in [2.05, 4.69) is 5.32 Å². The highest BCUT2D eigenvalue weighted by Crippen LogP contribution is 2.24. The van der Waals surface area contributed by atoms with Crippen molar-refractivity contribution in [2.24, 2.45) is 0 Å². The number of methoxy groups -OCH3 is 1. The lowest BCUT2D eigenvalue weighted by molar-refractivity contribution is 0.0963. The number of amides is 1. The molecular weight excluding hydrogens is 181 g/mol. The fraction of sp³-hybridized carbons (Fsp3) is 0.222. The monoisotopic (exact) mass is 191 g/mol. The lowest BCUT2D eigenvalue weighted by Crippen LogP contribution is -2.16. The van der Waals surface area contributed by atoms with Crippen molar-refractivity contribution in [3.8, 4) is 5.75 Å². The van der Waals surface area contributed by atoms with Gasteiger partial charge in [0.05, 0.1) is 12.7 Å². The molecule has 2 N–H and O–H groups in total. The fourth-order valence-corrected chi connectivity index (χ4v) is 1.65. The SMILES string of the molecule is COc1cc(BO)cc2c1C(=O)NC2. The number of fused-ring (bicyclic) bond motifs is 1. The van der Waals surface area contributed by atoms with Crippen molar-refractivity contribution in [1.29, 1.82) is 0 Å². The van der Waals surface area contributed by atoms with Gasteiger partial charge in [0.15, 0.2) is 0 Å². The average molecular weight is 191 g/mol. The van der Waals surface area contributed by atoms with E-state index >= 15 is 0 Å². The highest BCUT2D eigenvalue weighted by Gasteiger charge is 2.23. The third-order valence-corrected chi connectivity index (χ3v) is 2.31. The van der Waals surface area contributed by atoms with Gasteiger partial charge in [0.2, 0.25) is 0 Å². The van der Waals surface area contributed by atoms with Gasteiger partial charge >= 0.3 is 7.48 Å². The Morgan fingerprint density at radius 2 is 2.36 bits per heavy atom. The molecule has 0 saturated carbocycles. The predicted octanol–water partition coefficient (Wildman–Crippen LogP) is -1.09. The molecule has 0 spiro atoms. The molecule has 1 aromatic rings. The van der Waals surface area contributed by atoms with E-state index in [1.165, 1.54) is 7.11 Å². The summed E-state index contributed by atoms with van der Waals surface area (Å²) in [5.74, 6) is 0.419. The second-order valence-electron chi connectivity index (χ2n) is 3.17. The van der Waals surface area contributed by atoms with Gasteiger partial charge in [-0.25, -0.2) is 0 Å². The summed E-state index contributed by atoms with van der Waals surface area (Å²) in [6, 6.07) is 3.50. The van der Waals surface area contributed by atoms with E-state index in [0.717, 1.165) is 11.0 Å². The first-order valence-corrected chi connectivity index (χ1v) is 4.35. The lowest BCUT2D eigenvalue weighted by atomic mass is 9.86. The summed E-state index contributed by atoms with van der Waals surface area (Å²) in [6.07, 6.45) is 0. The predicted molar refractivity (Wildman–Crippen MR) is 53.2 cm³/mol. The summed E-state index contributed by atoms with van der Waals surface area (Å²) in [7, 11) is 1.47. The van der Waals surface area contributed by atoms with E-state index in [9.17, 15) is 4.79 Å². The smallest absolute Gasteiger partial charge is 0.304 e. The second kappa shape index (κ2) is 3.34. The Labute approximate surface area is 82.2 Å². The summed E-state index contributed by atoms with van der Waals surface area (Å²) >= 11 is 0. The molecule has 0 radical (unpaired) electrons. The van der Waals surface area contributed by atoms with Crippen LogP contribution in [0.3, 0.4) is 0 Å². The Bertz CT molecular complexity index is 392. The molecule has 4 nitrogen and oxygen atoms in total. The Balaban J connectivity index is 2.58. The van der Waals surface area contributed by atoms with Crippen LogP contribution in [0.1, 0.15) is 15.9 Å². The molecule has 1 amide bonds. The zero-order chi connectivity index (χ0) is 10.1. The molecule has 0 unspecified atom stereocenters. The molecule has 72 valence electrons. The zero-order valence-corrected chi connectivity index (χ0v) is 7.83. The minimum Gasteiger partial charge on any atom is -0.496 e. The maximum Gasteiger partial charge on any atom is 0.304 e. The first-order valence-electron chi connectivity index (χ1n) is 4.35. The van der Waals surface area contributed by atoms with Crippen LogP contribution in [-0.2, 0) is 6.54 Å². The molecular formula is C9H10BNO3. The Kier molecular flexibility index (Phi) is 2.17. The molecule has 0 aromatic heterocycles. The minimum absolute atomic E-state index is 0.0438. The number of nitrogens with one attached hydrogen (secondary N) is 1. The number of carbonyl (C=O) groups excluding carboxylic acids is 1. The molecule has 1 aliphatic rings. The van der Waals surface area contributed by atoms with Crippen LogP contribution in [0.2, 0.25) is 0 Å². The molecule has 0 saturated heterocycles. The molecule has 0 aliphatic carbocycles. The number of hydrogen-bond acceptors (Lipinski definition) is 3. The van der Waals surface area contributed by atoms with Crippen molar-refractivity contribution >= 4 is 18.9 Å². The molecule has 1 heterocycles. The maximum atomic E-state index is 11.4. The number of benzene rings is 1. The van der Waals surface area contributed by atoms with Gasteiger partial charge in [-0.1, -0.05) is 6.07 Å². The topological polar surface area (TPSA) is 58.6 Å². The highest BCUT2D eigenvalue weighted by molar-refractivity contribution is 6.45. The Morgan fingerprint density at radius 1 is 1.57 bits per heavy atom. The van der Waals surface area contributed by atoms with Crippen molar-refractivity contribution in [3.63, 3.8) is 0 Å². The van der Waals surface area contributed by atoms with E-state index in [1.807, 2.05) is 6.07 Å². The van der Waals surface area contributed by atoms with Gasteiger partial charge in [-0.3, -0.25) is 4.79 Å². The molecule has 0 atom stereocenters. The van der Waals surface area contributed by atoms with E-state index in [0.29, 0.717) is 17.9 Å². The van der Waals surface area contributed by atoms with Crippen LogP contribution in [0.15, 0.2) is 12.1 Å². The molecule has 5 heteroatoms. The van der Waals surface area contributed by atoms with E-state index in [-0.39, 0.29) is 13.4 Å². The van der Waals surface area contributed by atoms with Gasteiger partial charge in [0, 0.05) is 6.54 Å². The molecule has 1 aliphatic heterocycles. The van der Waals surface area contributed by atoms with Crippen LogP contribution in [0.25, 0.3) is 0 Å².